The summed E-state index contributed by atoms with van der Waals surface area (Å²) in [6.07, 6.45) is 9.47. The average Bonchev–Trinajstić information content (AvgIpc) is 3.32. The molecule has 0 aliphatic heterocycles. The maximum Gasteiger partial charge on any atom is 0.327 e. The van der Waals surface area contributed by atoms with Gasteiger partial charge in [-0.15, -0.1) is 0 Å². The number of allylic oxidation sites excluding steroid dienone is 4. The summed E-state index contributed by atoms with van der Waals surface area (Å²) in [5.74, 6) is -0.579. The van der Waals surface area contributed by atoms with E-state index in [1.54, 1.807) is 13.0 Å². The van der Waals surface area contributed by atoms with Crippen LogP contribution in [-0.2, 0) is 14.3 Å². The lowest BCUT2D eigenvalue weighted by Gasteiger charge is -2.55. The number of carbonyl (C=O) groups is 2. The van der Waals surface area contributed by atoms with Crippen LogP contribution in [0.3, 0.4) is 0 Å². The highest BCUT2D eigenvalue weighted by Gasteiger charge is 2.82. The number of aliphatic hydroxyl groups excluding tert-OH is 1. The van der Waals surface area contributed by atoms with Crippen molar-refractivity contribution in [3.63, 3.8) is 0 Å². The third-order valence-corrected chi connectivity index (χ3v) is 9.43. The van der Waals surface area contributed by atoms with Gasteiger partial charge in [-0.05, 0) is 67.4 Å². The first-order valence-electron chi connectivity index (χ1n) is 11.0. The smallest absolute Gasteiger partial charge is 0.327 e. The number of rotatable bonds is 2. The van der Waals surface area contributed by atoms with Crippen molar-refractivity contribution in [3.05, 3.63) is 23.8 Å². The van der Waals surface area contributed by atoms with Gasteiger partial charge in [0.1, 0.15) is 0 Å². The lowest BCUT2D eigenvalue weighted by atomic mass is 9.48. The van der Waals surface area contributed by atoms with E-state index < -0.39 is 22.7 Å². The fourth-order valence-corrected chi connectivity index (χ4v) is 7.89. The van der Waals surface area contributed by atoms with Crippen molar-refractivity contribution in [2.24, 2.45) is 45.8 Å². The number of hydrogen-bond donors (Lipinski definition) is 1. The van der Waals surface area contributed by atoms with Gasteiger partial charge in [0.2, 0.25) is 0 Å². The van der Waals surface area contributed by atoms with Gasteiger partial charge in [0.05, 0.1) is 24.7 Å². The highest BCUT2D eigenvalue weighted by molar-refractivity contribution is 6.05. The molecule has 0 amide bonds. The van der Waals surface area contributed by atoms with E-state index in [4.69, 9.17) is 4.74 Å². The van der Waals surface area contributed by atoms with Crippen LogP contribution in [0.25, 0.3) is 0 Å². The van der Waals surface area contributed by atoms with Gasteiger partial charge in [0, 0.05) is 11.3 Å². The molecule has 0 saturated heterocycles. The molecule has 1 N–H and O–H groups in total. The molecule has 9 atom stereocenters. The van der Waals surface area contributed by atoms with Crippen LogP contribution in [-0.4, -0.2) is 29.6 Å². The first-order chi connectivity index (χ1) is 13.8. The first-order valence-corrected chi connectivity index (χ1v) is 11.0. The van der Waals surface area contributed by atoms with E-state index in [-0.39, 0.29) is 35.7 Å². The van der Waals surface area contributed by atoms with Crippen molar-refractivity contribution in [1.29, 1.82) is 5.26 Å². The second-order valence-electron chi connectivity index (χ2n) is 10.2. The standard InChI is InChI=1S/C24H29NO4/c1-4-29-21(28)24(12-25)19-17(26)11-13-5-6-14-15-7-8-18(27)22(15,2)10-9-16(14)23(13,3)20(19)24/h5-6,11,14-16,18-20,27H,4,7-10H2,1-3H3/t14-,15-,16-,18-,19-,20-,22-,23-,24?/m0/s1. The topological polar surface area (TPSA) is 87.4 Å². The van der Waals surface area contributed by atoms with E-state index in [2.05, 4.69) is 32.1 Å². The van der Waals surface area contributed by atoms with Crippen LogP contribution in [0.4, 0.5) is 0 Å². The van der Waals surface area contributed by atoms with Gasteiger partial charge in [-0.3, -0.25) is 9.59 Å². The third kappa shape index (κ3) is 2.04. The number of nitrogens with zero attached hydrogens (tertiary/aromatic N) is 1. The molecule has 0 aromatic carbocycles. The highest BCUT2D eigenvalue weighted by Crippen LogP contribution is 2.76. The van der Waals surface area contributed by atoms with Crippen LogP contribution < -0.4 is 0 Å². The molecule has 0 bridgehead atoms. The van der Waals surface area contributed by atoms with Crippen LogP contribution in [0.5, 0.6) is 0 Å². The van der Waals surface area contributed by atoms with Crippen LogP contribution in [0.1, 0.15) is 46.5 Å². The minimum atomic E-state index is -1.36. The monoisotopic (exact) mass is 395 g/mol. The molecule has 3 fully saturated rings. The molecule has 5 nitrogen and oxygen atoms in total. The molecule has 0 spiro atoms. The molecular formula is C24H29NO4. The molecule has 0 aromatic heterocycles. The number of nitriles is 1. The van der Waals surface area contributed by atoms with Gasteiger partial charge in [-0.1, -0.05) is 26.0 Å². The van der Waals surface area contributed by atoms with Gasteiger partial charge in [-0.25, -0.2) is 0 Å². The van der Waals surface area contributed by atoms with E-state index in [0.29, 0.717) is 11.8 Å². The van der Waals surface area contributed by atoms with E-state index in [1.165, 1.54) is 0 Å². The zero-order valence-electron chi connectivity index (χ0n) is 17.4. The Morgan fingerprint density at radius 3 is 2.76 bits per heavy atom. The largest absolute Gasteiger partial charge is 0.465 e. The van der Waals surface area contributed by atoms with Crippen molar-refractivity contribution in [1.82, 2.24) is 0 Å². The van der Waals surface area contributed by atoms with Crippen molar-refractivity contribution in [2.45, 2.75) is 52.6 Å². The summed E-state index contributed by atoms with van der Waals surface area (Å²) in [5, 5.41) is 20.7. The number of hydrogen-bond acceptors (Lipinski definition) is 5. The lowest BCUT2D eigenvalue weighted by molar-refractivity contribution is -0.149. The Labute approximate surface area is 171 Å². The highest BCUT2D eigenvalue weighted by atomic mass is 16.5. The Morgan fingerprint density at radius 1 is 1.31 bits per heavy atom. The van der Waals surface area contributed by atoms with Crippen LogP contribution >= 0.6 is 0 Å². The van der Waals surface area contributed by atoms with Gasteiger partial charge in [0.25, 0.3) is 0 Å². The zero-order valence-corrected chi connectivity index (χ0v) is 17.4. The summed E-state index contributed by atoms with van der Waals surface area (Å²) in [6.45, 7) is 6.32. The average molecular weight is 395 g/mol. The van der Waals surface area contributed by atoms with Crippen molar-refractivity contribution in [3.8, 4) is 6.07 Å². The number of fused-ring (bicyclic) bond motifs is 7. The summed E-state index contributed by atoms with van der Waals surface area (Å²) in [6, 6.07) is 2.23. The minimum absolute atomic E-state index is 0.0655. The lowest BCUT2D eigenvalue weighted by Crippen LogP contribution is -2.51. The first kappa shape index (κ1) is 19.1. The number of carbonyl (C=O) groups excluding carboxylic acids is 2. The van der Waals surface area contributed by atoms with Gasteiger partial charge < -0.3 is 9.84 Å². The van der Waals surface area contributed by atoms with Crippen molar-refractivity contribution >= 4 is 11.8 Å². The molecule has 5 aliphatic rings. The molecule has 5 aliphatic carbocycles. The van der Waals surface area contributed by atoms with Crippen LogP contribution in [0, 0.1) is 57.2 Å². The summed E-state index contributed by atoms with van der Waals surface area (Å²) in [5.41, 5.74) is -0.848. The minimum Gasteiger partial charge on any atom is -0.465 e. The quantitative estimate of drug-likeness (QED) is 0.726. The van der Waals surface area contributed by atoms with E-state index in [0.717, 1.165) is 31.3 Å². The predicted octanol–water partition coefficient (Wildman–Crippen LogP) is 3.19. The summed E-state index contributed by atoms with van der Waals surface area (Å²) in [7, 11) is 0. The molecular weight excluding hydrogens is 366 g/mol. The molecule has 29 heavy (non-hydrogen) atoms. The van der Waals surface area contributed by atoms with Crippen LogP contribution in [0.2, 0.25) is 0 Å². The molecule has 0 radical (unpaired) electrons. The Balaban J connectivity index is 1.59. The van der Waals surface area contributed by atoms with Crippen molar-refractivity contribution < 1.29 is 19.4 Å². The SMILES string of the molecule is CCOC(=O)C1(C#N)[C@H]2[C@@H]1C(=O)C=C1C=C[C@H]3[C@@H]4CC[C@H](O)[C@@]4(C)CC[C@@H]3[C@]12C. The Morgan fingerprint density at radius 2 is 2.07 bits per heavy atom. The zero-order chi connectivity index (χ0) is 20.8. The number of esters is 1. The Bertz CT molecular complexity index is 899. The van der Waals surface area contributed by atoms with E-state index in [9.17, 15) is 20.0 Å². The van der Waals surface area contributed by atoms with Gasteiger partial charge >= 0.3 is 5.97 Å². The normalized spacial score (nSPS) is 51.7. The molecule has 0 aromatic rings. The molecule has 154 valence electrons. The van der Waals surface area contributed by atoms with Gasteiger partial charge in [-0.2, -0.15) is 5.26 Å². The van der Waals surface area contributed by atoms with E-state index >= 15 is 0 Å². The predicted molar refractivity (Wildman–Crippen MR) is 105 cm³/mol. The second kappa shape index (κ2) is 5.82. The summed E-state index contributed by atoms with van der Waals surface area (Å²) in [4.78, 5) is 25.7. The molecule has 5 rings (SSSR count). The number of ketones is 1. The van der Waals surface area contributed by atoms with Crippen molar-refractivity contribution in [2.75, 3.05) is 6.61 Å². The Hall–Kier alpha value is -1.93. The molecule has 5 heteroatoms. The maximum atomic E-state index is 12.9. The summed E-state index contributed by atoms with van der Waals surface area (Å²) >= 11 is 0. The fourth-order valence-electron chi connectivity index (χ4n) is 7.89. The number of ether oxygens (including phenoxy) is 1. The number of aliphatic hydroxyl groups is 1. The second-order valence-corrected chi connectivity index (χ2v) is 10.2. The van der Waals surface area contributed by atoms with Gasteiger partial charge in [0.15, 0.2) is 11.2 Å². The summed E-state index contributed by atoms with van der Waals surface area (Å²) < 4.78 is 5.27. The Kier molecular flexibility index (Phi) is 3.82. The third-order valence-electron chi connectivity index (χ3n) is 9.43. The van der Waals surface area contributed by atoms with Crippen LogP contribution in [0.15, 0.2) is 23.8 Å². The molecule has 3 saturated carbocycles. The maximum absolute atomic E-state index is 12.9. The fraction of sp³-hybridized carbons (Fsp3) is 0.708. The van der Waals surface area contributed by atoms with E-state index in [1.807, 2.05) is 0 Å². The molecule has 1 unspecified atom stereocenters. The molecule has 0 heterocycles.